The van der Waals surface area contributed by atoms with Gasteiger partial charge in [0.05, 0.1) is 7.11 Å². The van der Waals surface area contributed by atoms with Crippen molar-refractivity contribution in [1.29, 1.82) is 0 Å². The molecule has 0 heterocycles. The first-order valence-electron chi connectivity index (χ1n) is 10.1. The van der Waals surface area contributed by atoms with E-state index >= 15 is 0 Å². The van der Waals surface area contributed by atoms with Crippen LogP contribution in [0, 0.1) is 0 Å². The minimum Gasteiger partial charge on any atom is -0.493 e. The van der Waals surface area contributed by atoms with E-state index in [0.717, 1.165) is 18.4 Å². The number of ether oxygens (including phenoxy) is 2. The minimum absolute atomic E-state index is 0.0530. The van der Waals surface area contributed by atoms with Crippen molar-refractivity contribution < 1.29 is 27.8 Å². The Labute approximate surface area is 180 Å². The summed E-state index contributed by atoms with van der Waals surface area (Å²) in [5, 5.41) is 2.86. The van der Waals surface area contributed by atoms with Crippen LogP contribution >= 0.6 is 0 Å². The van der Waals surface area contributed by atoms with Crippen LogP contribution < -0.4 is 14.8 Å². The van der Waals surface area contributed by atoms with Crippen LogP contribution in [-0.4, -0.2) is 42.5 Å². The van der Waals surface area contributed by atoms with Crippen LogP contribution in [0.1, 0.15) is 42.1 Å². The maximum Gasteiger partial charge on any atom is 0.387 e. The third-order valence-corrected chi connectivity index (χ3v) is 5.00. The molecule has 0 aromatic heterocycles. The first-order chi connectivity index (χ1) is 14.9. The van der Waals surface area contributed by atoms with E-state index in [1.54, 1.807) is 48.2 Å². The molecule has 1 unspecified atom stereocenters. The molecule has 1 atom stereocenters. The van der Waals surface area contributed by atoms with E-state index in [0.29, 0.717) is 12.1 Å². The van der Waals surface area contributed by atoms with Crippen LogP contribution in [0.2, 0.25) is 0 Å². The lowest BCUT2D eigenvalue weighted by atomic mass is 10.1. The van der Waals surface area contributed by atoms with Crippen molar-refractivity contribution in [3.8, 4) is 11.5 Å². The monoisotopic (exact) mass is 432 g/mol. The van der Waals surface area contributed by atoms with Gasteiger partial charge in [-0.05, 0) is 49.6 Å². The van der Waals surface area contributed by atoms with E-state index in [9.17, 15) is 18.4 Å². The molecule has 0 radical (unpaired) electrons. The summed E-state index contributed by atoms with van der Waals surface area (Å²) in [5.41, 5.74) is 1.29. The average Bonchev–Trinajstić information content (AvgIpc) is 3.58. The largest absolute Gasteiger partial charge is 0.493 e. The Morgan fingerprint density at radius 3 is 2.45 bits per heavy atom. The Bertz CT molecular complexity index is 904. The van der Waals surface area contributed by atoms with Crippen molar-refractivity contribution >= 4 is 11.8 Å². The molecular formula is C23H26F2N2O4. The van der Waals surface area contributed by atoms with Gasteiger partial charge in [0.15, 0.2) is 11.5 Å². The maximum absolute atomic E-state index is 12.9. The summed E-state index contributed by atoms with van der Waals surface area (Å²) in [4.78, 5) is 27.0. The highest BCUT2D eigenvalue weighted by atomic mass is 19.3. The lowest BCUT2D eigenvalue weighted by molar-refractivity contribution is -0.132. The number of nitrogens with zero attached hydrogens (tertiary/aromatic N) is 1. The summed E-state index contributed by atoms with van der Waals surface area (Å²) in [5.74, 6) is -0.166. The zero-order valence-electron chi connectivity index (χ0n) is 17.5. The molecule has 166 valence electrons. The van der Waals surface area contributed by atoms with Gasteiger partial charge in [-0.2, -0.15) is 8.78 Å². The topological polar surface area (TPSA) is 67.9 Å². The molecule has 0 bridgehead atoms. The number of halogens is 2. The molecule has 0 saturated heterocycles. The highest BCUT2D eigenvalue weighted by molar-refractivity contribution is 5.94. The zero-order chi connectivity index (χ0) is 22.4. The molecule has 2 amide bonds. The van der Waals surface area contributed by atoms with Gasteiger partial charge in [-0.15, -0.1) is 0 Å². The number of hydrogen-bond donors (Lipinski definition) is 1. The second-order valence-electron chi connectivity index (χ2n) is 7.56. The van der Waals surface area contributed by atoms with E-state index in [2.05, 4.69) is 10.1 Å². The Hall–Kier alpha value is -3.16. The number of alkyl halides is 2. The lowest BCUT2D eigenvalue weighted by Crippen LogP contribution is -2.40. The van der Waals surface area contributed by atoms with Crippen LogP contribution in [0.25, 0.3) is 0 Å². The predicted molar refractivity (Wildman–Crippen MR) is 111 cm³/mol. The predicted octanol–water partition coefficient (Wildman–Crippen LogP) is 4.00. The van der Waals surface area contributed by atoms with Gasteiger partial charge in [0.1, 0.15) is 0 Å². The number of hydrogen-bond acceptors (Lipinski definition) is 4. The number of nitrogens with one attached hydrogen (secondary N) is 1. The molecule has 3 rings (SSSR count). The Kier molecular flexibility index (Phi) is 7.44. The maximum atomic E-state index is 12.9. The van der Waals surface area contributed by atoms with E-state index in [1.165, 1.54) is 13.2 Å². The summed E-state index contributed by atoms with van der Waals surface area (Å²) < 4.78 is 34.7. The molecule has 1 fully saturated rings. The van der Waals surface area contributed by atoms with Crippen molar-refractivity contribution in [2.75, 3.05) is 7.11 Å². The number of carbonyl (C=O) groups excluding carboxylic acids is 2. The van der Waals surface area contributed by atoms with E-state index in [4.69, 9.17) is 4.74 Å². The molecule has 1 N–H and O–H groups in total. The van der Waals surface area contributed by atoms with E-state index < -0.39 is 6.61 Å². The second kappa shape index (κ2) is 10.2. The smallest absolute Gasteiger partial charge is 0.387 e. The van der Waals surface area contributed by atoms with Gasteiger partial charge in [-0.25, -0.2) is 0 Å². The van der Waals surface area contributed by atoms with Gasteiger partial charge < -0.3 is 19.7 Å². The normalized spacial score (nSPS) is 14.1. The molecular weight excluding hydrogens is 406 g/mol. The molecule has 0 spiro atoms. The van der Waals surface area contributed by atoms with E-state index in [-0.39, 0.29) is 41.8 Å². The highest BCUT2D eigenvalue weighted by Crippen LogP contribution is 2.33. The lowest BCUT2D eigenvalue weighted by Gasteiger charge is -2.25. The number of carbonyl (C=O) groups is 2. The third kappa shape index (κ3) is 6.41. The summed E-state index contributed by atoms with van der Waals surface area (Å²) in [7, 11) is 1.37. The van der Waals surface area contributed by atoms with Crippen molar-refractivity contribution in [3.05, 3.63) is 59.7 Å². The van der Waals surface area contributed by atoms with Crippen LogP contribution in [0.4, 0.5) is 8.78 Å². The summed E-state index contributed by atoms with van der Waals surface area (Å²) >= 11 is 0. The number of methoxy groups -OCH3 is 1. The summed E-state index contributed by atoms with van der Waals surface area (Å²) in [6.07, 6.45) is 2.00. The Balaban J connectivity index is 1.62. The minimum atomic E-state index is -2.95. The van der Waals surface area contributed by atoms with Crippen molar-refractivity contribution in [1.82, 2.24) is 10.2 Å². The Morgan fingerprint density at radius 1 is 1.13 bits per heavy atom. The number of amides is 2. The number of benzene rings is 2. The van der Waals surface area contributed by atoms with Gasteiger partial charge in [0, 0.05) is 30.6 Å². The van der Waals surface area contributed by atoms with Crippen molar-refractivity contribution in [2.45, 2.75) is 51.4 Å². The molecule has 1 saturated carbocycles. The molecule has 2 aromatic rings. The fourth-order valence-corrected chi connectivity index (χ4v) is 3.33. The fourth-order valence-electron chi connectivity index (χ4n) is 3.33. The van der Waals surface area contributed by atoms with Crippen LogP contribution in [0.15, 0.2) is 48.5 Å². The number of rotatable bonds is 10. The van der Waals surface area contributed by atoms with Gasteiger partial charge in [0.25, 0.3) is 5.91 Å². The van der Waals surface area contributed by atoms with Gasteiger partial charge in [0.2, 0.25) is 5.91 Å². The first kappa shape index (κ1) is 22.5. The quantitative estimate of drug-likeness (QED) is 0.616. The highest BCUT2D eigenvalue weighted by Gasteiger charge is 2.33. The van der Waals surface area contributed by atoms with Gasteiger partial charge in [-0.3, -0.25) is 9.59 Å². The molecule has 1 aliphatic carbocycles. The molecule has 31 heavy (non-hydrogen) atoms. The van der Waals surface area contributed by atoms with Gasteiger partial charge in [-0.1, -0.05) is 24.3 Å². The van der Waals surface area contributed by atoms with Crippen molar-refractivity contribution in [2.24, 2.45) is 0 Å². The standard InChI is InChI=1S/C23H26F2N2O4/c1-15(26-22(29)17-6-4-3-5-7-17)12-21(28)27(18-9-10-18)14-16-8-11-19(31-23(24)25)20(13-16)30-2/h3-8,11,13,15,18,23H,9-10,12,14H2,1-2H3,(H,26,29). The molecule has 1 aliphatic rings. The van der Waals surface area contributed by atoms with Crippen LogP contribution in [0.5, 0.6) is 11.5 Å². The molecule has 2 aromatic carbocycles. The molecule has 8 heteroatoms. The van der Waals surface area contributed by atoms with Crippen molar-refractivity contribution in [3.63, 3.8) is 0 Å². The van der Waals surface area contributed by atoms with Crippen LogP contribution in [-0.2, 0) is 11.3 Å². The SMILES string of the molecule is COc1cc(CN(C(=O)CC(C)NC(=O)c2ccccc2)C2CC2)ccc1OC(F)F. The summed E-state index contributed by atoms with van der Waals surface area (Å²) in [6, 6.07) is 13.3. The van der Waals surface area contributed by atoms with E-state index in [1.807, 2.05) is 6.07 Å². The summed E-state index contributed by atoms with van der Waals surface area (Å²) in [6.45, 7) is -0.825. The Morgan fingerprint density at radius 2 is 1.84 bits per heavy atom. The van der Waals surface area contributed by atoms with Crippen LogP contribution in [0.3, 0.4) is 0 Å². The van der Waals surface area contributed by atoms with Gasteiger partial charge >= 0.3 is 6.61 Å². The average molecular weight is 432 g/mol. The second-order valence-corrected chi connectivity index (χ2v) is 7.56. The molecule has 0 aliphatic heterocycles. The first-order valence-corrected chi connectivity index (χ1v) is 10.1. The fraction of sp³-hybridized carbons (Fsp3) is 0.391. The third-order valence-electron chi connectivity index (χ3n) is 5.00. The molecule has 6 nitrogen and oxygen atoms in total. The zero-order valence-corrected chi connectivity index (χ0v) is 17.5.